The van der Waals surface area contributed by atoms with Crippen LogP contribution in [0.3, 0.4) is 0 Å². The average Bonchev–Trinajstić information content (AvgIpc) is 3.29. The van der Waals surface area contributed by atoms with E-state index >= 15 is 0 Å². The topological polar surface area (TPSA) is 88.8 Å². The summed E-state index contributed by atoms with van der Waals surface area (Å²) in [5, 5.41) is 11.6. The lowest BCUT2D eigenvalue weighted by Gasteiger charge is -2.24. The molecular weight excluding hydrogens is 378 g/mol. The van der Waals surface area contributed by atoms with E-state index in [1.807, 2.05) is 24.4 Å². The summed E-state index contributed by atoms with van der Waals surface area (Å²) in [6, 6.07) is 7.43. The number of hydrogen-bond donors (Lipinski definition) is 1. The van der Waals surface area contributed by atoms with E-state index in [1.165, 1.54) is 5.56 Å². The number of fused-ring (bicyclic) bond motifs is 2. The summed E-state index contributed by atoms with van der Waals surface area (Å²) in [6.45, 7) is 6.21. The molecule has 2 aliphatic heterocycles. The van der Waals surface area contributed by atoms with Gasteiger partial charge in [-0.15, -0.1) is 10.2 Å². The number of anilines is 1. The van der Waals surface area contributed by atoms with Crippen LogP contribution in [-0.4, -0.2) is 49.1 Å². The summed E-state index contributed by atoms with van der Waals surface area (Å²) in [7, 11) is 2.08. The Hall–Kier alpha value is -3.13. The van der Waals surface area contributed by atoms with Crippen LogP contribution in [0.1, 0.15) is 47.7 Å². The highest BCUT2D eigenvalue weighted by atomic mass is 16.1. The van der Waals surface area contributed by atoms with E-state index in [0.717, 1.165) is 49.6 Å². The van der Waals surface area contributed by atoms with Gasteiger partial charge in [0.15, 0.2) is 5.82 Å². The standard InChI is InChI=1S/C22H25N7O/c1-22(2)9-7-19-26-27-20(29(19)22)16-5-4-6-18(24-16)25-21(30)17-11-15-13-28(3)10-8-14(15)12-23-17/h4-6,11-12H,7-10,13H2,1-3H3,(H,24,25,30). The number of amides is 1. The van der Waals surface area contributed by atoms with Gasteiger partial charge in [0.05, 0.1) is 0 Å². The Kier molecular flexibility index (Phi) is 4.39. The van der Waals surface area contributed by atoms with Crippen molar-refractivity contribution in [3.63, 3.8) is 0 Å². The number of likely N-dealkylation sites (N-methyl/N-ethyl adjacent to an activating group) is 1. The highest BCUT2D eigenvalue weighted by Gasteiger charge is 2.34. The van der Waals surface area contributed by atoms with Gasteiger partial charge in [-0.2, -0.15) is 0 Å². The molecule has 0 fully saturated rings. The number of nitrogens with zero attached hydrogens (tertiary/aromatic N) is 6. The number of hydrogen-bond acceptors (Lipinski definition) is 6. The van der Waals surface area contributed by atoms with Gasteiger partial charge < -0.3 is 14.8 Å². The van der Waals surface area contributed by atoms with E-state index in [9.17, 15) is 4.79 Å². The number of aryl methyl sites for hydroxylation is 1. The van der Waals surface area contributed by atoms with Crippen LogP contribution in [0.4, 0.5) is 5.82 Å². The van der Waals surface area contributed by atoms with E-state index in [2.05, 4.69) is 55.8 Å². The fraction of sp³-hybridized carbons (Fsp3) is 0.409. The molecular formula is C22H25N7O. The van der Waals surface area contributed by atoms with Gasteiger partial charge in [0.2, 0.25) is 0 Å². The molecule has 1 N–H and O–H groups in total. The minimum Gasteiger partial charge on any atom is -0.305 e. The predicted octanol–water partition coefficient (Wildman–Crippen LogP) is 2.66. The monoisotopic (exact) mass is 403 g/mol. The molecule has 0 aliphatic carbocycles. The van der Waals surface area contributed by atoms with Gasteiger partial charge in [-0.1, -0.05) is 6.07 Å². The molecule has 0 aromatic carbocycles. The largest absolute Gasteiger partial charge is 0.305 e. The third-order valence-electron chi connectivity index (χ3n) is 6.03. The lowest BCUT2D eigenvalue weighted by Crippen LogP contribution is -2.27. The average molecular weight is 403 g/mol. The Morgan fingerprint density at radius 2 is 2.03 bits per heavy atom. The first kappa shape index (κ1) is 18.9. The fourth-order valence-electron chi connectivity index (χ4n) is 4.32. The lowest BCUT2D eigenvalue weighted by molar-refractivity contribution is 0.102. The van der Waals surface area contributed by atoms with Crippen LogP contribution in [0.5, 0.6) is 0 Å². The SMILES string of the molecule is CN1CCc2cnc(C(=O)Nc3cccc(-c4nnc5n4C(C)(C)CC5)n3)cc2C1. The molecule has 5 rings (SSSR count). The molecule has 0 spiro atoms. The highest BCUT2D eigenvalue weighted by molar-refractivity contribution is 6.02. The molecule has 2 aliphatic rings. The number of pyridine rings is 2. The maximum Gasteiger partial charge on any atom is 0.275 e. The molecule has 5 heterocycles. The molecule has 0 atom stereocenters. The molecule has 0 radical (unpaired) electrons. The van der Waals surface area contributed by atoms with Crippen LogP contribution in [0, 0.1) is 0 Å². The Bertz CT molecular complexity index is 1130. The highest BCUT2D eigenvalue weighted by Crippen LogP contribution is 2.34. The third kappa shape index (κ3) is 3.27. The van der Waals surface area contributed by atoms with Crippen molar-refractivity contribution in [3.05, 3.63) is 53.1 Å². The number of carbonyl (C=O) groups excluding carboxylic acids is 1. The van der Waals surface area contributed by atoms with Crippen molar-refractivity contribution in [1.82, 2.24) is 29.6 Å². The van der Waals surface area contributed by atoms with Crippen molar-refractivity contribution in [2.24, 2.45) is 0 Å². The minimum atomic E-state index is -0.262. The maximum atomic E-state index is 12.8. The van der Waals surface area contributed by atoms with Crippen molar-refractivity contribution >= 4 is 11.7 Å². The minimum absolute atomic E-state index is 0.0463. The fourth-order valence-corrected chi connectivity index (χ4v) is 4.32. The van der Waals surface area contributed by atoms with Crippen LogP contribution in [0.25, 0.3) is 11.5 Å². The van der Waals surface area contributed by atoms with E-state index in [0.29, 0.717) is 17.2 Å². The molecule has 0 bridgehead atoms. The number of carbonyl (C=O) groups is 1. The second-order valence-corrected chi connectivity index (χ2v) is 8.78. The molecule has 0 saturated carbocycles. The quantitative estimate of drug-likeness (QED) is 0.723. The van der Waals surface area contributed by atoms with Gasteiger partial charge in [-0.25, -0.2) is 4.98 Å². The molecule has 0 saturated heterocycles. The first-order chi connectivity index (χ1) is 14.4. The van der Waals surface area contributed by atoms with Crippen LogP contribution < -0.4 is 5.32 Å². The van der Waals surface area contributed by atoms with Gasteiger partial charge in [-0.05, 0) is 63.1 Å². The summed E-state index contributed by atoms with van der Waals surface area (Å²) in [6.07, 6.45) is 4.72. The molecule has 3 aromatic rings. The molecule has 154 valence electrons. The number of rotatable bonds is 3. The molecule has 8 heteroatoms. The Balaban J connectivity index is 1.40. The Morgan fingerprint density at radius 1 is 1.17 bits per heavy atom. The van der Waals surface area contributed by atoms with Crippen LogP contribution in [-0.2, 0) is 24.9 Å². The molecule has 3 aromatic heterocycles. The Morgan fingerprint density at radius 3 is 2.90 bits per heavy atom. The van der Waals surface area contributed by atoms with Gasteiger partial charge in [0.1, 0.15) is 23.0 Å². The molecule has 30 heavy (non-hydrogen) atoms. The van der Waals surface area contributed by atoms with Crippen LogP contribution >= 0.6 is 0 Å². The summed E-state index contributed by atoms with van der Waals surface area (Å²) in [5.41, 5.74) is 3.43. The number of nitrogens with one attached hydrogen (secondary N) is 1. The zero-order valence-corrected chi connectivity index (χ0v) is 17.5. The smallest absolute Gasteiger partial charge is 0.275 e. The van der Waals surface area contributed by atoms with E-state index < -0.39 is 0 Å². The van der Waals surface area contributed by atoms with E-state index in [4.69, 9.17) is 0 Å². The van der Waals surface area contributed by atoms with E-state index in [-0.39, 0.29) is 11.4 Å². The lowest BCUT2D eigenvalue weighted by atomic mass is 10.0. The van der Waals surface area contributed by atoms with Crippen molar-refractivity contribution in [3.8, 4) is 11.5 Å². The first-order valence-electron chi connectivity index (χ1n) is 10.3. The van der Waals surface area contributed by atoms with Crippen LogP contribution in [0.15, 0.2) is 30.5 Å². The second-order valence-electron chi connectivity index (χ2n) is 8.78. The van der Waals surface area contributed by atoms with E-state index in [1.54, 1.807) is 6.07 Å². The zero-order valence-electron chi connectivity index (χ0n) is 17.5. The molecule has 1 amide bonds. The summed E-state index contributed by atoms with van der Waals surface area (Å²) in [5.74, 6) is 1.93. The second kappa shape index (κ2) is 6.98. The van der Waals surface area contributed by atoms with Gasteiger partial charge in [0, 0.05) is 31.2 Å². The van der Waals surface area contributed by atoms with Crippen molar-refractivity contribution in [1.29, 1.82) is 0 Å². The van der Waals surface area contributed by atoms with Crippen LogP contribution in [0.2, 0.25) is 0 Å². The number of aromatic nitrogens is 5. The van der Waals surface area contributed by atoms with Crippen molar-refractivity contribution in [2.75, 3.05) is 18.9 Å². The van der Waals surface area contributed by atoms with Crippen molar-refractivity contribution in [2.45, 2.75) is 45.2 Å². The van der Waals surface area contributed by atoms with Gasteiger partial charge in [-0.3, -0.25) is 9.78 Å². The summed E-state index contributed by atoms with van der Waals surface area (Å²) < 4.78 is 2.16. The summed E-state index contributed by atoms with van der Waals surface area (Å²) >= 11 is 0. The van der Waals surface area contributed by atoms with Gasteiger partial charge in [0.25, 0.3) is 5.91 Å². The van der Waals surface area contributed by atoms with Crippen molar-refractivity contribution < 1.29 is 4.79 Å². The molecule has 0 unspecified atom stereocenters. The predicted molar refractivity (Wildman–Crippen MR) is 113 cm³/mol. The molecule has 8 nitrogen and oxygen atoms in total. The normalized spacial score (nSPS) is 17.4. The third-order valence-corrected chi connectivity index (χ3v) is 6.03. The van der Waals surface area contributed by atoms with Gasteiger partial charge >= 0.3 is 0 Å². The zero-order chi connectivity index (χ0) is 20.9. The first-order valence-corrected chi connectivity index (χ1v) is 10.3. The Labute approximate surface area is 175 Å². The summed E-state index contributed by atoms with van der Waals surface area (Å²) in [4.78, 5) is 24.1. The maximum absolute atomic E-state index is 12.8.